The first kappa shape index (κ1) is 14.0. The van der Waals surface area contributed by atoms with Crippen molar-refractivity contribution in [3.8, 4) is 0 Å². The van der Waals surface area contributed by atoms with Crippen LogP contribution in [-0.4, -0.2) is 24.0 Å². The molecule has 0 aliphatic carbocycles. The van der Waals surface area contributed by atoms with Crippen LogP contribution in [0.3, 0.4) is 0 Å². The van der Waals surface area contributed by atoms with Gasteiger partial charge >= 0.3 is 0 Å². The summed E-state index contributed by atoms with van der Waals surface area (Å²) >= 11 is 0. The molecule has 1 aromatic rings. The minimum absolute atomic E-state index is 0.599. The molecule has 17 heavy (non-hydrogen) atoms. The number of hydrogen-bond acceptors (Lipinski definition) is 2. The maximum absolute atomic E-state index is 5.97. The molecule has 0 aliphatic rings. The third-order valence-corrected chi connectivity index (χ3v) is 3.05. The van der Waals surface area contributed by atoms with Crippen LogP contribution >= 0.6 is 0 Å². The summed E-state index contributed by atoms with van der Waals surface area (Å²) in [4.78, 5) is 2.52. The fraction of sp³-hybridized carbons (Fsp3) is 0.600. The second-order valence-electron chi connectivity index (χ2n) is 5.43. The van der Waals surface area contributed by atoms with Gasteiger partial charge < -0.3 is 10.6 Å². The molecule has 0 heterocycles. The Morgan fingerprint density at radius 3 is 2.29 bits per heavy atom. The summed E-state index contributed by atoms with van der Waals surface area (Å²) in [5.41, 5.74) is 8.15. The van der Waals surface area contributed by atoms with Crippen molar-refractivity contribution in [3.63, 3.8) is 0 Å². The normalized spacial score (nSPS) is 11.7. The first-order valence-electron chi connectivity index (χ1n) is 6.58. The van der Waals surface area contributed by atoms with Crippen molar-refractivity contribution in [3.05, 3.63) is 29.8 Å². The summed E-state index contributed by atoms with van der Waals surface area (Å²) in [6, 6.07) is 8.77. The second-order valence-corrected chi connectivity index (χ2v) is 5.43. The van der Waals surface area contributed by atoms with Crippen LogP contribution < -0.4 is 5.73 Å². The number of hydrogen-bond donors (Lipinski definition) is 1. The molecule has 0 spiro atoms. The van der Waals surface area contributed by atoms with Gasteiger partial charge in [-0.1, -0.05) is 32.0 Å². The van der Waals surface area contributed by atoms with Gasteiger partial charge in [0.1, 0.15) is 0 Å². The minimum Gasteiger partial charge on any atom is -0.399 e. The molecule has 0 bridgehead atoms. The first-order valence-corrected chi connectivity index (χ1v) is 6.58. The summed E-state index contributed by atoms with van der Waals surface area (Å²) in [6.45, 7) is 11.3. The molecule has 2 heteroatoms. The van der Waals surface area contributed by atoms with Gasteiger partial charge in [0.2, 0.25) is 0 Å². The van der Waals surface area contributed by atoms with Crippen molar-refractivity contribution in [1.29, 1.82) is 0 Å². The highest BCUT2D eigenvalue weighted by molar-refractivity contribution is 5.46. The summed E-state index contributed by atoms with van der Waals surface area (Å²) in [6.07, 6.45) is 1.04. The van der Waals surface area contributed by atoms with Gasteiger partial charge in [-0.15, -0.1) is 0 Å². The van der Waals surface area contributed by atoms with Crippen LogP contribution in [0, 0.1) is 5.92 Å². The number of rotatable bonds is 6. The number of nitrogens with two attached hydrogens (primary N) is 1. The smallest absolute Gasteiger partial charge is 0.0347 e. The van der Waals surface area contributed by atoms with Gasteiger partial charge in [-0.3, -0.25) is 0 Å². The third-order valence-electron chi connectivity index (χ3n) is 3.05. The molecule has 0 aliphatic heterocycles. The van der Waals surface area contributed by atoms with E-state index in [2.05, 4.69) is 44.7 Å². The number of nitrogen functional groups attached to an aromatic ring is 1. The Balaban J connectivity index is 2.55. The highest BCUT2D eigenvalue weighted by Crippen LogP contribution is 2.13. The Labute approximate surface area is 106 Å². The van der Waals surface area contributed by atoms with E-state index in [4.69, 9.17) is 5.73 Å². The lowest BCUT2D eigenvalue weighted by Gasteiger charge is -2.28. The fourth-order valence-electron chi connectivity index (χ4n) is 2.06. The van der Waals surface area contributed by atoms with Crippen LogP contribution in [0.5, 0.6) is 0 Å². The Morgan fingerprint density at radius 2 is 1.76 bits per heavy atom. The first-order chi connectivity index (χ1) is 8.00. The molecule has 1 aromatic carbocycles. The summed E-state index contributed by atoms with van der Waals surface area (Å²) in [5.74, 6) is 0.713. The maximum Gasteiger partial charge on any atom is 0.0347 e. The number of para-hydroxylation sites is 1. The highest BCUT2D eigenvalue weighted by Gasteiger charge is 2.11. The van der Waals surface area contributed by atoms with Crippen molar-refractivity contribution in [2.75, 3.05) is 18.8 Å². The predicted molar refractivity (Wildman–Crippen MR) is 76.1 cm³/mol. The van der Waals surface area contributed by atoms with E-state index in [9.17, 15) is 0 Å². The fourth-order valence-corrected chi connectivity index (χ4v) is 2.06. The minimum atomic E-state index is 0.599. The maximum atomic E-state index is 5.97. The molecule has 0 saturated heterocycles. The van der Waals surface area contributed by atoms with E-state index in [1.807, 2.05) is 12.1 Å². The molecule has 96 valence electrons. The Hall–Kier alpha value is -1.02. The number of benzene rings is 1. The van der Waals surface area contributed by atoms with Gasteiger partial charge in [0.25, 0.3) is 0 Å². The zero-order valence-electron chi connectivity index (χ0n) is 11.6. The molecule has 0 unspecified atom stereocenters. The largest absolute Gasteiger partial charge is 0.399 e. The zero-order valence-corrected chi connectivity index (χ0v) is 11.6. The molecule has 2 nitrogen and oxygen atoms in total. The molecule has 2 N–H and O–H groups in total. The molecule has 0 radical (unpaired) electrons. The Kier molecular flexibility index (Phi) is 5.49. The van der Waals surface area contributed by atoms with E-state index in [0.29, 0.717) is 12.0 Å². The third kappa shape index (κ3) is 4.78. The van der Waals surface area contributed by atoms with E-state index >= 15 is 0 Å². The summed E-state index contributed by atoms with van der Waals surface area (Å²) < 4.78 is 0. The summed E-state index contributed by atoms with van der Waals surface area (Å²) in [7, 11) is 0. The number of anilines is 1. The average molecular weight is 234 g/mol. The standard InChI is InChI=1S/C15H26N2/c1-12(2)11-17(13(3)4)10-9-14-7-5-6-8-15(14)16/h5-8,12-13H,9-11,16H2,1-4H3. The van der Waals surface area contributed by atoms with Crippen LogP contribution in [0.4, 0.5) is 5.69 Å². The molecule has 0 amide bonds. The van der Waals surface area contributed by atoms with Gasteiger partial charge in [0.15, 0.2) is 0 Å². The van der Waals surface area contributed by atoms with Crippen LogP contribution in [0.25, 0.3) is 0 Å². The van der Waals surface area contributed by atoms with E-state index in [1.165, 1.54) is 5.56 Å². The number of nitrogens with zero attached hydrogens (tertiary/aromatic N) is 1. The van der Waals surface area contributed by atoms with E-state index in [1.54, 1.807) is 0 Å². The van der Waals surface area contributed by atoms with Crippen molar-refractivity contribution in [2.24, 2.45) is 5.92 Å². The van der Waals surface area contributed by atoms with Gasteiger partial charge in [0, 0.05) is 24.8 Å². The van der Waals surface area contributed by atoms with Gasteiger partial charge in [0.05, 0.1) is 0 Å². The molecule has 0 atom stereocenters. The monoisotopic (exact) mass is 234 g/mol. The van der Waals surface area contributed by atoms with Crippen LogP contribution in [-0.2, 0) is 6.42 Å². The topological polar surface area (TPSA) is 29.3 Å². The Bertz CT molecular complexity index is 331. The van der Waals surface area contributed by atoms with E-state index in [-0.39, 0.29) is 0 Å². The molecule has 0 fully saturated rings. The molecular weight excluding hydrogens is 208 g/mol. The second kappa shape index (κ2) is 6.65. The van der Waals surface area contributed by atoms with Crippen molar-refractivity contribution >= 4 is 5.69 Å². The lowest BCUT2D eigenvalue weighted by Crippen LogP contribution is -2.35. The van der Waals surface area contributed by atoms with Crippen LogP contribution in [0.1, 0.15) is 33.3 Å². The predicted octanol–water partition coefficient (Wildman–Crippen LogP) is 3.18. The SMILES string of the molecule is CC(C)CN(CCc1ccccc1N)C(C)C. The average Bonchev–Trinajstić information content (AvgIpc) is 2.25. The van der Waals surface area contributed by atoms with Gasteiger partial charge in [-0.05, 0) is 37.8 Å². The highest BCUT2D eigenvalue weighted by atomic mass is 15.1. The molecule has 1 rings (SSSR count). The molecular formula is C15H26N2. The van der Waals surface area contributed by atoms with Gasteiger partial charge in [-0.25, -0.2) is 0 Å². The quantitative estimate of drug-likeness (QED) is 0.766. The molecule has 0 aromatic heterocycles. The van der Waals surface area contributed by atoms with E-state index in [0.717, 1.165) is 25.2 Å². The van der Waals surface area contributed by atoms with Crippen LogP contribution in [0.15, 0.2) is 24.3 Å². The van der Waals surface area contributed by atoms with Crippen LogP contribution in [0.2, 0.25) is 0 Å². The van der Waals surface area contributed by atoms with Crippen molar-refractivity contribution in [2.45, 2.75) is 40.2 Å². The molecule has 0 saturated carbocycles. The summed E-state index contributed by atoms with van der Waals surface area (Å²) in [5, 5.41) is 0. The lowest BCUT2D eigenvalue weighted by molar-refractivity contribution is 0.200. The Morgan fingerprint density at radius 1 is 1.12 bits per heavy atom. The van der Waals surface area contributed by atoms with E-state index < -0.39 is 0 Å². The van der Waals surface area contributed by atoms with Gasteiger partial charge in [-0.2, -0.15) is 0 Å². The van der Waals surface area contributed by atoms with Crippen molar-refractivity contribution < 1.29 is 0 Å². The lowest BCUT2D eigenvalue weighted by atomic mass is 10.1. The van der Waals surface area contributed by atoms with Crippen molar-refractivity contribution in [1.82, 2.24) is 4.90 Å². The zero-order chi connectivity index (χ0) is 12.8.